The quantitative estimate of drug-likeness (QED) is 0.475. The van der Waals surface area contributed by atoms with Crippen molar-refractivity contribution in [2.45, 2.75) is 52.1 Å². The van der Waals surface area contributed by atoms with Crippen LogP contribution in [0.15, 0.2) is 18.2 Å². The Kier molecular flexibility index (Phi) is 8.02. The fraction of sp³-hybridized carbons (Fsp3) is 0.643. The third-order valence-corrected chi connectivity index (χ3v) is 2.88. The van der Waals surface area contributed by atoms with Gasteiger partial charge in [-0.05, 0) is 18.6 Å². The smallest absolute Gasteiger partial charge is 0.129 e. The molecule has 0 amide bonds. The van der Waals surface area contributed by atoms with E-state index >= 15 is 0 Å². The Bertz CT molecular complexity index is 304. The van der Waals surface area contributed by atoms with Crippen LogP contribution < -0.4 is 0 Å². The summed E-state index contributed by atoms with van der Waals surface area (Å²) in [5, 5.41) is 0.533. The van der Waals surface area contributed by atoms with Crippen LogP contribution in [0.1, 0.15) is 51.1 Å². The Morgan fingerprint density at radius 1 is 1.12 bits per heavy atom. The predicted octanol–water partition coefficient (Wildman–Crippen LogP) is 4.61. The van der Waals surface area contributed by atoms with Crippen molar-refractivity contribution in [3.63, 3.8) is 0 Å². The van der Waals surface area contributed by atoms with Gasteiger partial charge in [0.2, 0.25) is 0 Å². The molecule has 0 aromatic carbocycles. The molecular weight excluding hydrogens is 234 g/mol. The highest BCUT2D eigenvalue weighted by Crippen LogP contribution is 2.08. The van der Waals surface area contributed by atoms with Crippen LogP contribution in [0, 0.1) is 0 Å². The Hall–Kier alpha value is -0.600. The summed E-state index contributed by atoms with van der Waals surface area (Å²) in [6.45, 7) is 3.62. The van der Waals surface area contributed by atoms with Gasteiger partial charge in [-0.25, -0.2) is 4.98 Å². The molecule has 0 aliphatic carbocycles. The normalized spacial score (nSPS) is 10.7. The largest absolute Gasteiger partial charge is 0.375 e. The van der Waals surface area contributed by atoms with E-state index in [9.17, 15) is 0 Å². The molecule has 0 bridgehead atoms. The highest BCUT2D eigenvalue weighted by Gasteiger charge is 1.96. The molecule has 0 spiro atoms. The predicted molar refractivity (Wildman–Crippen MR) is 72.3 cm³/mol. The van der Waals surface area contributed by atoms with Crippen molar-refractivity contribution in [1.29, 1.82) is 0 Å². The number of aromatic nitrogens is 1. The molecule has 0 aliphatic rings. The molecule has 2 nitrogen and oxygen atoms in total. The van der Waals surface area contributed by atoms with E-state index in [4.69, 9.17) is 16.3 Å². The van der Waals surface area contributed by atoms with E-state index in [-0.39, 0.29) is 0 Å². The molecule has 1 aromatic rings. The van der Waals surface area contributed by atoms with Crippen molar-refractivity contribution < 1.29 is 4.74 Å². The van der Waals surface area contributed by atoms with Crippen LogP contribution in [0.2, 0.25) is 5.15 Å². The number of unbranched alkanes of at least 4 members (excludes halogenated alkanes) is 5. The van der Waals surface area contributed by atoms with Crippen molar-refractivity contribution in [3.05, 3.63) is 29.0 Å². The third-order valence-electron chi connectivity index (χ3n) is 2.66. The summed E-state index contributed by atoms with van der Waals surface area (Å²) in [6, 6.07) is 5.62. The average molecular weight is 256 g/mol. The van der Waals surface area contributed by atoms with Crippen molar-refractivity contribution >= 4 is 11.6 Å². The Labute approximate surface area is 109 Å². The summed E-state index contributed by atoms with van der Waals surface area (Å²) >= 11 is 5.79. The third kappa shape index (κ3) is 7.35. The Morgan fingerprint density at radius 2 is 1.88 bits per heavy atom. The number of rotatable bonds is 9. The molecule has 0 N–H and O–H groups in total. The highest BCUT2D eigenvalue weighted by molar-refractivity contribution is 6.29. The summed E-state index contributed by atoms with van der Waals surface area (Å²) in [4.78, 5) is 4.17. The maximum absolute atomic E-state index is 5.79. The maximum atomic E-state index is 5.79. The Morgan fingerprint density at radius 3 is 2.65 bits per heavy atom. The molecule has 0 unspecified atom stereocenters. The SMILES string of the molecule is CCCCCCCCOCc1cccc(Cl)n1. The number of hydrogen-bond donors (Lipinski definition) is 0. The number of ether oxygens (including phenoxy) is 1. The van der Waals surface area contributed by atoms with Crippen LogP contribution in [-0.2, 0) is 11.3 Å². The molecule has 1 heterocycles. The second kappa shape index (κ2) is 9.43. The standard InChI is InChI=1S/C14H22ClNO/c1-2-3-4-5-6-7-11-17-12-13-9-8-10-14(15)16-13/h8-10H,2-7,11-12H2,1H3. The minimum Gasteiger partial charge on any atom is -0.375 e. The molecule has 96 valence electrons. The minimum absolute atomic E-state index is 0.533. The van der Waals surface area contributed by atoms with E-state index in [1.807, 2.05) is 12.1 Å². The van der Waals surface area contributed by atoms with Gasteiger partial charge < -0.3 is 4.74 Å². The zero-order valence-corrected chi connectivity index (χ0v) is 11.4. The molecule has 0 radical (unpaired) electrons. The van der Waals surface area contributed by atoms with Gasteiger partial charge in [0.1, 0.15) is 5.15 Å². The summed E-state index contributed by atoms with van der Waals surface area (Å²) in [5.41, 5.74) is 0.906. The van der Waals surface area contributed by atoms with Gasteiger partial charge in [-0.1, -0.05) is 56.7 Å². The first-order chi connectivity index (χ1) is 8.33. The molecule has 3 heteroatoms. The van der Waals surface area contributed by atoms with Crippen molar-refractivity contribution in [1.82, 2.24) is 4.98 Å². The minimum atomic E-state index is 0.533. The Balaban J connectivity index is 1.97. The summed E-state index contributed by atoms with van der Waals surface area (Å²) in [5.74, 6) is 0. The van der Waals surface area contributed by atoms with Gasteiger partial charge in [-0.2, -0.15) is 0 Å². The zero-order valence-electron chi connectivity index (χ0n) is 10.6. The van der Waals surface area contributed by atoms with Gasteiger partial charge in [-0.3, -0.25) is 0 Å². The van der Waals surface area contributed by atoms with Gasteiger partial charge in [0.05, 0.1) is 12.3 Å². The first-order valence-corrected chi connectivity index (χ1v) is 6.90. The number of nitrogens with zero attached hydrogens (tertiary/aromatic N) is 1. The van der Waals surface area contributed by atoms with E-state index in [1.165, 1.54) is 32.1 Å². The fourth-order valence-corrected chi connectivity index (χ4v) is 1.87. The van der Waals surface area contributed by atoms with E-state index in [1.54, 1.807) is 6.07 Å². The molecule has 17 heavy (non-hydrogen) atoms. The first-order valence-electron chi connectivity index (χ1n) is 6.52. The molecule has 1 rings (SSSR count). The molecule has 0 atom stereocenters. The van der Waals surface area contributed by atoms with Gasteiger partial charge in [0, 0.05) is 6.61 Å². The zero-order chi connectivity index (χ0) is 12.3. The average Bonchev–Trinajstić information content (AvgIpc) is 2.33. The molecule has 0 aliphatic heterocycles. The van der Waals surface area contributed by atoms with Crippen LogP contribution in [0.4, 0.5) is 0 Å². The van der Waals surface area contributed by atoms with Crippen molar-refractivity contribution in [3.8, 4) is 0 Å². The van der Waals surface area contributed by atoms with Crippen molar-refractivity contribution in [2.75, 3.05) is 6.61 Å². The second-order valence-electron chi connectivity index (χ2n) is 4.27. The monoisotopic (exact) mass is 255 g/mol. The second-order valence-corrected chi connectivity index (χ2v) is 4.66. The van der Waals surface area contributed by atoms with Crippen LogP contribution in [-0.4, -0.2) is 11.6 Å². The summed E-state index contributed by atoms with van der Waals surface area (Å²) in [6.07, 6.45) is 7.75. The van der Waals surface area contributed by atoms with E-state index < -0.39 is 0 Å². The molecule has 0 fully saturated rings. The van der Waals surface area contributed by atoms with Gasteiger partial charge in [-0.15, -0.1) is 0 Å². The molecule has 1 aromatic heterocycles. The van der Waals surface area contributed by atoms with Crippen LogP contribution in [0.5, 0.6) is 0 Å². The van der Waals surface area contributed by atoms with E-state index in [2.05, 4.69) is 11.9 Å². The number of pyridine rings is 1. The molecule has 0 saturated carbocycles. The number of hydrogen-bond acceptors (Lipinski definition) is 2. The lowest BCUT2D eigenvalue weighted by Gasteiger charge is -2.04. The highest BCUT2D eigenvalue weighted by atomic mass is 35.5. The van der Waals surface area contributed by atoms with Gasteiger partial charge in [0.25, 0.3) is 0 Å². The number of halogens is 1. The van der Waals surface area contributed by atoms with E-state index in [0.717, 1.165) is 18.7 Å². The lowest BCUT2D eigenvalue weighted by Crippen LogP contribution is -1.97. The lowest BCUT2D eigenvalue weighted by atomic mass is 10.1. The molecule has 0 saturated heterocycles. The summed E-state index contributed by atoms with van der Waals surface area (Å²) < 4.78 is 5.56. The van der Waals surface area contributed by atoms with Crippen LogP contribution >= 0.6 is 11.6 Å². The van der Waals surface area contributed by atoms with Gasteiger partial charge in [0.15, 0.2) is 0 Å². The topological polar surface area (TPSA) is 22.1 Å². The first kappa shape index (κ1) is 14.5. The lowest BCUT2D eigenvalue weighted by molar-refractivity contribution is 0.114. The van der Waals surface area contributed by atoms with Crippen LogP contribution in [0.3, 0.4) is 0 Å². The van der Waals surface area contributed by atoms with Crippen LogP contribution in [0.25, 0.3) is 0 Å². The summed E-state index contributed by atoms with van der Waals surface area (Å²) in [7, 11) is 0. The van der Waals surface area contributed by atoms with Gasteiger partial charge >= 0.3 is 0 Å². The fourth-order valence-electron chi connectivity index (χ4n) is 1.69. The molecular formula is C14H22ClNO. The van der Waals surface area contributed by atoms with Crippen molar-refractivity contribution in [2.24, 2.45) is 0 Å². The van der Waals surface area contributed by atoms with E-state index in [0.29, 0.717) is 11.8 Å². The maximum Gasteiger partial charge on any atom is 0.129 e.